The van der Waals surface area contributed by atoms with Crippen LogP contribution in [0.1, 0.15) is 15.4 Å². The molecule has 106 valence electrons. The third-order valence-electron chi connectivity index (χ3n) is 2.84. The number of aromatic nitrogens is 2. The van der Waals surface area contributed by atoms with Gasteiger partial charge in [-0.2, -0.15) is 5.10 Å². The molecule has 0 unspecified atom stereocenters. The van der Waals surface area contributed by atoms with Gasteiger partial charge >= 0.3 is 5.97 Å². The Morgan fingerprint density at radius 3 is 2.81 bits per heavy atom. The van der Waals surface area contributed by atoms with Crippen LogP contribution in [0, 0.1) is 0 Å². The summed E-state index contributed by atoms with van der Waals surface area (Å²) >= 11 is 1.14. The minimum Gasteiger partial charge on any atom is -0.486 e. The number of hydrogen-bond acceptors (Lipinski definition) is 4. The lowest BCUT2D eigenvalue weighted by molar-refractivity contribution is 0.0702. The Morgan fingerprint density at radius 2 is 2.10 bits per heavy atom. The van der Waals surface area contributed by atoms with E-state index in [1.165, 1.54) is 6.07 Å². The lowest BCUT2D eigenvalue weighted by Gasteiger charge is -2.01. The van der Waals surface area contributed by atoms with Crippen LogP contribution >= 0.6 is 11.3 Å². The van der Waals surface area contributed by atoms with Crippen molar-refractivity contribution < 1.29 is 14.6 Å². The predicted octanol–water partition coefficient (Wildman–Crippen LogP) is 3.21. The molecule has 0 atom stereocenters. The van der Waals surface area contributed by atoms with E-state index in [2.05, 4.69) is 5.10 Å². The Bertz CT molecular complexity index is 749. The number of nitrogens with zero attached hydrogens (tertiary/aromatic N) is 2. The summed E-state index contributed by atoms with van der Waals surface area (Å²) in [7, 11) is 0. The Balaban J connectivity index is 1.66. The van der Waals surface area contributed by atoms with Gasteiger partial charge in [-0.3, -0.25) is 0 Å². The van der Waals surface area contributed by atoms with Crippen molar-refractivity contribution in [1.29, 1.82) is 0 Å². The summed E-state index contributed by atoms with van der Waals surface area (Å²) in [6, 6.07) is 13.2. The normalized spacial score (nSPS) is 10.5. The number of ether oxygens (including phenoxy) is 1. The first-order valence-electron chi connectivity index (χ1n) is 6.27. The highest BCUT2D eigenvalue weighted by Crippen LogP contribution is 2.22. The summed E-state index contributed by atoms with van der Waals surface area (Å²) in [5.41, 5.74) is 1.76. The van der Waals surface area contributed by atoms with Crippen LogP contribution in [0.3, 0.4) is 0 Å². The highest BCUT2D eigenvalue weighted by atomic mass is 32.1. The fourth-order valence-corrected chi connectivity index (χ4v) is 2.49. The quantitative estimate of drug-likeness (QED) is 0.786. The van der Waals surface area contributed by atoms with E-state index >= 15 is 0 Å². The number of aromatic carboxylic acids is 1. The molecule has 0 saturated carbocycles. The third kappa shape index (κ3) is 3.11. The van der Waals surface area contributed by atoms with E-state index in [-0.39, 0.29) is 4.88 Å². The summed E-state index contributed by atoms with van der Waals surface area (Å²) in [5, 5.41) is 14.9. The highest BCUT2D eigenvalue weighted by Gasteiger charge is 2.08. The van der Waals surface area contributed by atoms with Crippen LogP contribution in [0.5, 0.6) is 5.75 Å². The van der Waals surface area contributed by atoms with Crippen molar-refractivity contribution in [2.75, 3.05) is 0 Å². The van der Waals surface area contributed by atoms with Crippen LogP contribution in [0.4, 0.5) is 0 Å². The second-order valence-electron chi connectivity index (χ2n) is 4.33. The van der Waals surface area contributed by atoms with Gasteiger partial charge in [-0.15, -0.1) is 11.3 Å². The molecule has 2 heterocycles. The average Bonchev–Trinajstić information content (AvgIpc) is 3.15. The van der Waals surface area contributed by atoms with Crippen molar-refractivity contribution >= 4 is 17.3 Å². The number of para-hydroxylation sites is 1. The Labute approximate surface area is 125 Å². The molecule has 1 N–H and O–H groups in total. The Hall–Kier alpha value is -2.60. The van der Waals surface area contributed by atoms with E-state index < -0.39 is 5.97 Å². The minimum atomic E-state index is -0.941. The SMILES string of the molecule is O=C(O)c1cc(OCc2ccn(-c3ccccc3)n2)cs1. The average molecular weight is 300 g/mol. The maximum absolute atomic E-state index is 10.8. The number of thiophene rings is 1. The monoisotopic (exact) mass is 300 g/mol. The molecule has 0 saturated heterocycles. The van der Waals surface area contributed by atoms with Crippen molar-refractivity contribution in [2.24, 2.45) is 0 Å². The van der Waals surface area contributed by atoms with Gasteiger partial charge in [0.05, 0.1) is 5.69 Å². The van der Waals surface area contributed by atoms with Gasteiger partial charge in [0.2, 0.25) is 0 Å². The zero-order chi connectivity index (χ0) is 14.7. The molecule has 0 fully saturated rings. The fourth-order valence-electron chi connectivity index (χ4n) is 1.83. The van der Waals surface area contributed by atoms with Gasteiger partial charge in [0.25, 0.3) is 0 Å². The standard InChI is InChI=1S/C15H12N2O3S/c18-15(19)14-8-13(10-21-14)20-9-11-6-7-17(16-11)12-4-2-1-3-5-12/h1-8,10H,9H2,(H,18,19). The molecular formula is C15H12N2O3S. The molecule has 21 heavy (non-hydrogen) atoms. The van der Waals surface area contributed by atoms with Crippen LogP contribution < -0.4 is 4.74 Å². The molecule has 0 amide bonds. The first-order valence-corrected chi connectivity index (χ1v) is 7.15. The van der Waals surface area contributed by atoms with E-state index in [0.29, 0.717) is 12.4 Å². The number of carboxylic acids is 1. The molecule has 0 bridgehead atoms. The Kier molecular flexibility index (Phi) is 3.70. The molecular weight excluding hydrogens is 288 g/mol. The molecule has 3 rings (SSSR count). The van der Waals surface area contributed by atoms with Crippen LogP contribution in [-0.4, -0.2) is 20.9 Å². The predicted molar refractivity (Wildman–Crippen MR) is 79.2 cm³/mol. The summed E-state index contributed by atoms with van der Waals surface area (Å²) < 4.78 is 7.32. The van der Waals surface area contributed by atoms with Gasteiger partial charge in [0, 0.05) is 17.6 Å². The molecule has 6 heteroatoms. The van der Waals surface area contributed by atoms with Crippen molar-refractivity contribution in [2.45, 2.75) is 6.61 Å². The molecule has 2 aromatic heterocycles. The highest BCUT2D eigenvalue weighted by molar-refractivity contribution is 7.12. The maximum Gasteiger partial charge on any atom is 0.346 e. The van der Waals surface area contributed by atoms with Gasteiger partial charge in [0.1, 0.15) is 22.9 Å². The van der Waals surface area contributed by atoms with Gasteiger partial charge < -0.3 is 9.84 Å². The molecule has 0 spiro atoms. The second-order valence-corrected chi connectivity index (χ2v) is 5.24. The molecule has 1 aromatic carbocycles. The summed E-state index contributed by atoms with van der Waals surface area (Å²) in [6.45, 7) is 0.301. The summed E-state index contributed by atoms with van der Waals surface area (Å²) in [4.78, 5) is 11.1. The lowest BCUT2D eigenvalue weighted by Crippen LogP contribution is -1.99. The van der Waals surface area contributed by atoms with Crippen molar-refractivity contribution in [1.82, 2.24) is 9.78 Å². The van der Waals surface area contributed by atoms with Gasteiger partial charge in [-0.1, -0.05) is 18.2 Å². The van der Waals surface area contributed by atoms with Crippen LogP contribution in [-0.2, 0) is 6.61 Å². The fraction of sp³-hybridized carbons (Fsp3) is 0.0667. The lowest BCUT2D eigenvalue weighted by atomic mass is 10.3. The molecule has 0 aliphatic carbocycles. The van der Waals surface area contributed by atoms with E-state index in [0.717, 1.165) is 22.7 Å². The zero-order valence-electron chi connectivity index (χ0n) is 11.0. The molecule has 0 aliphatic rings. The minimum absolute atomic E-state index is 0.264. The number of benzene rings is 1. The number of carbonyl (C=O) groups is 1. The number of rotatable bonds is 5. The molecule has 0 aliphatic heterocycles. The van der Waals surface area contributed by atoms with E-state index in [1.54, 1.807) is 10.1 Å². The summed E-state index contributed by atoms with van der Waals surface area (Å²) in [6.07, 6.45) is 1.87. The van der Waals surface area contributed by atoms with E-state index in [4.69, 9.17) is 9.84 Å². The number of hydrogen-bond donors (Lipinski definition) is 1. The Morgan fingerprint density at radius 1 is 1.29 bits per heavy atom. The largest absolute Gasteiger partial charge is 0.486 e. The molecule has 3 aromatic rings. The second kappa shape index (κ2) is 5.80. The third-order valence-corrected chi connectivity index (χ3v) is 3.73. The topological polar surface area (TPSA) is 64.3 Å². The van der Waals surface area contributed by atoms with Crippen LogP contribution in [0.2, 0.25) is 0 Å². The van der Waals surface area contributed by atoms with Gasteiger partial charge in [0.15, 0.2) is 0 Å². The van der Waals surface area contributed by atoms with Crippen LogP contribution in [0.15, 0.2) is 54.0 Å². The molecule has 5 nitrogen and oxygen atoms in total. The van der Waals surface area contributed by atoms with Crippen molar-refractivity contribution in [3.63, 3.8) is 0 Å². The maximum atomic E-state index is 10.8. The van der Waals surface area contributed by atoms with E-state index in [9.17, 15) is 4.79 Å². The summed E-state index contributed by atoms with van der Waals surface area (Å²) in [5.74, 6) is -0.394. The molecule has 0 radical (unpaired) electrons. The van der Waals surface area contributed by atoms with Gasteiger partial charge in [-0.05, 0) is 18.2 Å². The first kappa shape index (κ1) is 13.4. The van der Waals surface area contributed by atoms with Crippen LogP contribution in [0.25, 0.3) is 5.69 Å². The van der Waals surface area contributed by atoms with Crippen molar-refractivity contribution in [3.05, 3.63) is 64.6 Å². The van der Waals surface area contributed by atoms with Crippen molar-refractivity contribution in [3.8, 4) is 11.4 Å². The number of carboxylic acid groups (broad SMARTS) is 1. The first-order chi connectivity index (χ1) is 10.2. The zero-order valence-corrected chi connectivity index (χ0v) is 11.8. The van der Waals surface area contributed by atoms with E-state index in [1.807, 2.05) is 42.6 Å². The smallest absolute Gasteiger partial charge is 0.346 e. The van der Waals surface area contributed by atoms with Gasteiger partial charge in [-0.25, -0.2) is 9.48 Å².